The van der Waals surface area contributed by atoms with Crippen molar-refractivity contribution >= 4 is 27.7 Å². The van der Waals surface area contributed by atoms with Gasteiger partial charge in [0.2, 0.25) is 5.91 Å². The van der Waals surface area contributed by atoms with Gasteiger partial charge in [0.15, 0.2) is 0 Å². The molecule has 6 nitrogen and oxygen atoms in total. The Bertz CT molecular complexity index is 1260. The van der Waals surface area contributed by atoms with E-state index in [1.165, 1.54) is 10.2 Å². The number of para-hydroxylation sites is 1. The third-order valence-electron chi connectivity index (χ3n) is 5.63. The van der Waals surface area contributed by atoms with Gasteiger partial charge in [0.05, 0.1) is 6.20 Å². The highest BCUT2D eigenvalue weighted by atomic mass is 16.2. The van der Waals surface area contributed by atoms with E-state index in [-0.39, 0.29) is 24.1 Å². The van der Waals surface area contributed by atoms with Crippen LogP contribution in [0, 0.1) is 0 Å². The van der Waals surface area contributed by atoms with Gasteiger partial charge in [0.25, 0.3) is 5.56 Å². The maximum absolute atomic E-state index is 13.2. The van der Waals surface area contributed by atoms with Gasteiger partial charge in [-0.25, -0.2) is 4.68 Å². The fourth-order valence-corrected chi connectivity index (χ4v) is 4.12. The Morgan fingerprint density at radius 2 is 1.81 bits per heavy atom. The Balaban J connectivity index is 1.52. The van der Waals surface area contributed by atoms with Crippen LogP contribution in [0.2, 0.25) is 0 Å². The predicted octanol–water partition coefficient (Wildman–Crippen LogP) is 3.90. The molecule has 0 aliphatic rings. The van der Waals surface area contributed by atoms with E-state index in [0.717, 1.165) is 42.1 Å². The second-order valence-electron chi connectivity index (χ2n) is 8.03. The monoisotopic (exact) mass is 416 g/mol. The molecule has 0 fully saturated rings. The fraction of sp³-hybridized carbons (Fsp3) is 0.320. The van der Waals surface area contributed by atoms with Crippen LogP contribution in [-0.2, 0) is 24.3 Å². The smallest absolute Gasteiger partial charge is 0.291 e. The lowest BCUT2D eigenvalue weighted by Crippen LogP contribution is -2.38. The van der Waals surface area contributed by atoms with Gasteiger partial charge < -0.3 is 9.88 Å². The Kier molecular flexibility index (Phi) is 6.16. The van der Waals surface area contributed by atoms with Gasteiger partial charge in [0.1, 0.15) is 12.1 Å². The van der Waals surface area contributed by atoms with Crippen LogP contribution < -0.4 is 10.9 Å². The van der Waals surface area contributed by atoms with Gasteiger partial charge in [-0.3, -0.25) is 9.59 Å². The van der Waals surface area contributed by atoms with Crippen molar-refractivity contribution in [3.63, 3.8) is 0 Å². The second-order valence-corrected chi connectivity index (χ2v) is 8.03. The average molecular weight is 417 g/mol. The summed E-state index contributed by atoms with van der Waals surface area (Å²) in [4.78, 5) is 25.8. The largest absolute Gasteiger partial charge is 0.352 e. The molecule has 0 saturated carbocycles. The van der Waals surface area contributed by atoms with Crippen molar-refractivity contribution in [2.75, 3.05) is 0 Å². The summed E-state index contributed by atoms with van der Waals surface area (Å²) in [5, 5.41) is 9.15. The molecule has 0 aliphatic carbocycles. The molecule has 0 radical (unpaired) electrons. The number of benzene rings is 2. The van der Waals surface area contributed by atoms with Crippen LogP contribution in [0.3, 0.4) is 0 Å². The Morgan fingerprint density at radius 3 is 2.58 bits per heavy atom. The number of carbonyl (C=O) groups excluding carboxylic acids is 1. The van der Waals surface area contributed by atoms with Gasteiger partial charge in [-0.05, 0) is 37.8 Å². The molecule has 1 amide bonds. The van der Waals surface area contributed by atoms with Crippen molar-refractivity contribution in [2.24, 2.45) is 0 Å². The van der Waals surface area contributed by atoms with E-state index in [0.29, 0.717) is 5.52 Å². The topological polar surface area (TPSA) is 68.9 Å². The molecule has 0 aliphatic heterocycles. The fourth-order valence-electron chi connectivity index (χ4n) is 4.12. The first-order valence-corrected chi connectivity index (χ1v) is 10.9. The summed E-state index contributed by atoms with van der Waals surface area (Å²) in [6, 6.07) is 18.2. The summed E-state index contributed by atoms with van der Waals surface area (Å²) >= 11 is 0. The quantitative estimate of drug-likeness (QED) is 0.474. The normalized spacial score (nSPS) is 12.3. The summed E-state index contributed by atoms with van der Waals surface area (Å²) in [7, 11) is 0. The SMILES string of the molecule is CCCn1c2ccccc2c2cnn(CC(=O)N[C@@H](C)CCc3ccccc3)c(=O)c21. The zero-order valence-corrected chi connectivity index (χ0v) is 18.0. The van der Waals surface area contributed by atoms with Crippen LogP contribution in [-0.4, -0.2) is 26.3 Å². The zero-order valence-electron chi connectivity index (χ0n) is 18.0. The molecule has 2 heterocycles. The highest BCUT2D eigenvalue weighted by Crippen LogP contribution is 2.26. The molecule has 1 atom stereocenters. The summed E-state index contributed by atoms with van der Waals surface area (Å²) in [6.07, 6.45) is 4.34. The minimum absolute atomic E-state index is 0.0127. The minimum Gasteiger partial charge on any atom is -0.352 e. The second kappa shape index (κ2) is 9.16. The van der Waals surface area contributed by atoms with Crippen LogP contribution in [0.25, 0.3) is 21.8 Å². The third kappa shape index (κ3) is 4.38. The van der Waals surface area contributed by atoms with Crippen LogP contribution in [0.5, 0.6) is 0 Å². The Hall–Kier alpha value is -3.41. The molecular weight excluding hydrogens is 388 g/mol. The predicted molar refractivity (Wildman–Crippen MR) is 124 cm³/mol. The van der Waals surface area contributed by atoms with Crippen molar-refractivity contribution in [2.45, 2.75) is 52.2 Å². The lowest BCUT2D eigenvalue weighted by Gasteiger charge is -2.14. The third-order valence-corrected chi connectivity index (χ3v) is 5.63. The van der Waals surface area contributed by atoms with E-state index in [9.17, 15) is 9.59 Å². The molecule has 2 aromatic heterocycles. The molecular formula is C25H28N4O2. The summed E-state index contributed by atoms with van der Waals surface area (Å²) in [6.45, 7) is 4.73. The van der Waals surface area contributed by atoms with Crippen LogP contribution in [0.1, 0.15) is 32.3 Å². The van der Waals surface area contributed by atoms with E-state index >= 15 is 0 Å². The highest BCUT2D eigenvalue weighted by Gasteiger charge is 2.17. The molecule has 160 valence electrons. The standard InChI is InChI=1S/C25H28N4O2/c1-3-15-28-22-12-8-7-11-20(22)21-16-26-29(25(31)24(21)28)17-23(30)27-18(2)13-14-19-9-5-4-6-10-19/h4-12,16,18H,3,13-15,17H2,1-2H3,(H,27,30)/t18-/m0/s1. The molecule has 0 unspecified atom stereocenters. The van der Waals surface area contributed by atoms with Crippen molar-refractivity contribution in [1.82, 2.24) is 19.7 Å². The van der Waals surface area contributed by atoms with Gasteiger partial charge in [0, 0.05) is 28.9 Å². The summed E-state index contributed by atoms with van der Waals surface area (Å²) < 4.78 is 3.32. The van der Waals surface area contributed by atoms with Crippen LogP contribution in [0.4, 0.5) is 0 Å². The number of amides is 1. The van der Waals surface area contributed by atoms with E-state index in [2.05, 4.69) is 29.5 Å². The molecule has 0 saturated heterocycles. The summed E-state index contributed by atoms with van der Waals surface area (Å²) in [5.41, 5.74) is 2.66. The molecule has 0 bridgehead atoms. The number of fused-ring (bicyclic) bond motifs is 3. The lowest BCUT2D eigenvalue weighted by atomic mass is 10.1. The van der Waals surface area contributed by atoms with Gasteiger partial charge in [-0.1, -0.05) is 55.5 Å². The number of aryl methyl sites for hydroxylation is 2. The Labute approximate surface area is 181 Å². The number of nitrogens with one attached hydrogen (secondary N) is 1. The first-order valence-electron chi connectivity index (χ1n) is 10.9. The summed E-state index contributed by atoms with van der Waals surface area (Å²) in [5.74, 6) is -0.201. The minimum atomic E-state index is -0.228. The molecule has 6 heteroatoms. The van der Waals surface area contributed by atoms with E-state index in [1.807, 2.05) is 54.0 Å². The number of rotatable bonds is 8. The van der Waals surface area contributed by atoms with Gasteiger partial charge in [-0.15, -0.1) is 0 Å². The Morgan fingerprint density at radius 1 is 1.06 bits per heavy atom. The van der Waals surface area contributed by atoms with Crippen molar-refractivity contribution in [1.29, 1.82) is 0 Å². The van der Waals surface area contributed by atoms with Crippen molar-refractivity contribution in [3.8, 4) is 0 Å². The van der Waals surface area contributed by atoms with E-state index in [4.69, 9.17) is 0 Å². The van der Waals surface area contributed by atoms with Gasteiger partial charge >= 0.3 is 0 Å². The molecule has 4 aromatic rings. The van der Waals surface area contributed by atoms with Gasteiger partial charge in [-0.2, -0.15) is 5.10 Å². The number of carbonyl (C=O) groups is 1. The van der Waals surface area contributed by atoms with E-state index in [1.54, 1.807) is 6.20 Å². The molecule has 4 rings (SSSR count). The average Bonchev–Trinajstić information content (AvgIpc) is 3.10. The molecule has 2 aromatic carbocycles. The number of hydrogen-bond donors (Lipinski definition) is 1. The van der Waals surface area contributed by atoms with Crippen molar-refractivity contribution in [3.05, 3.63) is 76.7 Å². The molecule has 31 heavy (non-hydrogen) atoms. The maximum Gasteiger partial charge on any atom is 0.291 e. The number of aromatic nitrogens is 3. The van der Waals surface area contributed by atoms with E-state index < -0.39 is 0 Å². The zero-order chi connectivity index (χ0) is 21.8. The molecule has 0 spiro atoms. The van der Waals surface area contributed by atoms with Crippen molar-refractivity contribution < 1.29 is 4.79 Å². The highest BCUT2D eigenvalue weighted by molar-refractivity contribution is 6.07. The first-order chi connectivity index (χ1) is 15.1. The van der Waals surface area contributed by atoms with Crippen LogP contribution in [0.15, 0.2) is 65.6 Å². The number of nitrogens with zero attached hydrogens (tertiary/aromatic N) is 3. The van der Waals surface area contributed by atoms with Crippen LogP contribution >= 0.6 is 0 Å². The molecule has 1 N–H and O–H groups in total. The first kappa shape index (κ1) is 20.8. The lowest BCUT2D eigenvalue weighted by molar-refractivity contribution is -0.122. The maximum atomic E-state index is 13.2. The number of hydrogen-bond acceptors (Lipinski definition) is 3.